The highest BCUT2D eigenvalue weighted by atomic mass is 32.2. The molecule has 106 valence electrons. The zero-order chi connectivity index (χ0) is 14.8. The molecule has 1 atom stereocenters. The van der Waals surface area contributed by atoms with Crippen molar-refractivity contribution in [2.24, 2.45) is 0 Å². The van der Waals surface area contributed by atoms with Gasteiger partial charge in [0.1, 0.15) is 15.8 Å². The van der Waals surface area contributed by atoms with Gasteiger partial charge in [-0.05, 0) is 24.8 Å². The molecule has 1 aromatic heterocycles. The normalized spacial score (nSPS) is 13.0. The highest BCUT2D eigenvalue weighted by Crippen LogP contribution is 2.27. The van der Waals surface area contributed by atoms with Crippen LogP contribution < -0.4 is 4.72 Å². The molecule has 0 aliphatic rings. The lowest BCUT2D eigenvalue weighted by atomic mass is 10.3. The number of carboxylic acid groups (broad SMARTS) is 1. The molecule has 0 unspecified atom stereocenters. The molecule has 0 saturated carbocycles. The Morgan fingerprint density at radius 1 is 1.47 bits per heavy atom. The first kappa shape index (κ1) is 15.6. The Hall–Kier alpha value is -1.45. The van der Waals surface area contributed by atoms with Crippen molar-refractivity contribution >= 4 is 33.3 Å². The van der Waals surface area contributed by atoms with E-state index in [4.69, 9.17) is 5.11 Å². The van der Waals surface area contributed by atoms with Crippen LogP contribution in [-0.2, 0) is 19.6 Å². The average Bonchev–Trinajstić information content (AvgIpc) is 2.70. The van der Waals surface area contributed by atoms with E-state index in [-0.39, 0.29) is 9.77 Å². The van der Waals surface area contributed by atoms with Crippen molar-refractivity contribution in [3.05, 3.63) is 15.8 Å². The first-order chi connectivity index (χ1) is 8.70. The number of nitrogens with one attached hydrogen (secondary N) is 1. The molecule has 2 N–H and O–H groups in total. The Balaban J connectivity index is 3.25. The number of carbonyl (C=O) groups is 2. The summed E-state index contributed by atoms with van der Waals surface area (Å²) < 4.78 is 30.7. The fraction of sp³-hybridized carbons (Fsp3) is 0.400. The molecule has 0 saturated heterocycles. The number of aliphatic carboxylic acids is 1. The molecule has 0 spiro atoms. The van der Waals surface area contributed by atoms with E-state index >= 15 is 0 Å². The third-order valence-electron chi connectivity index (χ3n) is 2.26. The summed E-state index contributed by atoms with van der Waals surface area (Å²) in [5, 5.41) is 10.2. The van der Waals surface area contributed by atoms with Crippen molar-refractivity contribution in [2.75, 3.05) is 7.11 Å². The van der Waals surface area contributed by atoms with Gasteiger partial charge in [-0.3, -0.25) is 4.79 Å². The first-order valence-corrected chi connectivity index (χ1v) is 7.48. The standard InChI is InChI=1S/C10H13NO6S2/c1-5-4-18-7(10(14)17-3)8(5)19(15,16)11-6(2)9(12)13/h4,6,11H,1-3H3,(H,12,13)/t6-/m1/s1. The molecular formula is C10H13NO6S2. The highest BCUT2D eigenvalue weighted by Gasteiger charge is 2.30. The zero-order valence-corrected chi connectivity index (χ0v) is 12.1. The van der Waals surface area contributed by atoms with Crippen LogP contribution in [0.25, 0.3) is 0 Å². The van der Waals surface area contributed by atoms with Crippen LogP contribution >= 0.6 is 11.3 Å². The molecule has 1 heterocycles. The summed E-state index contributed by atoms with van der Waals surface area (Å²) in [7, 11) is -2.96. The Morgan fingerprint density at radius 3 is 2.53 bits per heavy atom. The molecule has 7 nitrogen and oxygen atoms in total. The number of esters is 1. The van der Waals surface area contributed by atoms with E-state index in [0.29, 0.717) is 5.56 Å². The molecule has 19 heavy (non-hydrogen) atoms. The van der Waals surface area contributed by atoms with E-state index in [0.717, 1.165) is 18.4 Å². The fourth-order valence-corrected chi connectivity index (χ4v) is 4.25. The zero-order valence-electron chi connectivity index (χ0n) is 10.5. The van der Waals surface area contributed by atoms with Gasteiger partial charge in [0, 0.05) is 0 Å². The largest absolute Gasteiger partial charge is 0.480 e. The second kappa shape index (κ2) is 5.68. The number of hydrogen-bond acceptors (Lipinski definition) is 6. The number of hydrogen-bond donors (Lipinski definition) is 2. The minimum Gasteiger partial charge on any atom is -0.480 e. The number of carboxylic acids is 1. The molecule has 9 heteroatoms. The summed E-state index contributed by atoms with van der Waals surface area (Å²) >= 11 is 0.930. The second-order valence-corrected chi connectivity index (χ2v) is 6.28. The molecule has 0 amide bonds. The van der Waals surface area contributed by atoms with Crippen LogP contribution in [0.3, 0.4) is 0 Å². The Kier molecular flexibility index (Phi) is 4.66. The lowest BCUT2D eigenvalue weighted by molar-refractivity contribution is -0.138. The molecule has 0 aromatic carbocycles. The topological polar surface area (TPSA) is 110 Å². The van der Waals surface area contributed by atoms with Crippen LogP contribution in [0.15, 0.2) is 10.3 Å². The molecular weight excluding hydrogens is 294 g/mol. The predicted octanol–water partition coefficient (Wildman–Crippen LogP) is 0.595. The van der Waals surface area contributed by atoms with Gasteiger partial charge < -0.3 is 9.84 Å². The Labute approximate surface area is 114 Å². The summed E-state index contributed by atoms with van der Waals surface area (Å²) in [5.74, 6) is -2.09. The summed E-state index contributed by atoms with van der Waals surface area (Å²) in [6.45, 7) is 2.71. The summed E-state index contributed by atoms with van der Waals surface area (Å²) in [6.07, 6.45) is 0. The minimum absolute atomic E-state index is 0.0786. The van der Waals surface area contributed by atoms with Gasteiger partial charge in [0.2, 0.25) is 10.0 Å². The van der Waals surface area contributed by atoms with E-state index in [1.54, 1.807) is 0 Å². The maximum atomic E-state index is 12.1. The number of ether oxygens (including phenoxy) is 1. The molecule has 0 radical (unpaired) electrons. The number of aryl methyl sites for hydroxylation is 1. The van der Waals surface area contributed by atoms with Gasteiger partial charge in [-0.2, -0.15) is 4.72 Å². The molecule has 0 aliphatic heterocycles. The lowest BCUT2D eigenvalue weighted by Gasteiger charge is -2.11. The van der Waals surface area contributed by atoms with E-state index in [2.05, 4.69) is 4.74 Å². The van der Waals surface area contributed by atoms with Crippen molar-refractivity contribution in [1.29, 1.82) is 0 Å². The Bertz CT molecular complexity index is 604. The molecule has 1 rings (SSSR count). The van der Waals surface area contributed by atoms with Gasteiger partial charge in [0.05, 0.1) is 7.11 Å². The van der Waals surface area contributed by atoms with Crippen LogP contribution in [0, 0.1) is 6.92 Å². The molecule has 1 aromatic rings. The first-order valence-electron chi connectivity index (χ1n) is 5.12. The van der Waals surface area contributed by atoms with Gasteiger partial charge >= 0.3 is 11.9 Å². The van der Waals surface area contributed by atoms with Crippen LogP contribution in [0.1, 0.15) is 22.2 Å². The number of rotatable bonds is 5. The summed E-state index contributed by atoms with van der Waals surface area (Å²) in [6, 6.07) is -1.30. The maximum Gasteiger partial charge on any atom is 0.349 e. The van der Waals surface area contributed by atoms with Gasteiger partial charge in [-0.15, -0.1) is 11.3 Å². The van der Waals surface area contributed by atoms with Crippen molar-refractivity contribution < 1.29 is 27.9 Å². The van der Waals surface area contributed by atoms with Crippen molar-refractivity contribution in [3.8, 4) is 0 Å². The van der Waals surface area contributed by atoms with E-state index in [9.17, 15) is 18.0 Å². The summed E-state index contributed by atoms with van der Waals surface area (Å²) in [4.78, 5) is 21.9. The van der Waals surface area contributed by atoms with E-state index in [1.165, 1.54) is 19.2 Å². The number of sulfonamides is 1. The number of carbonyl (C=O) groups excluding carboxylic acids is 1. The molecule has 0 fully saturated rings. The monoisotopic (exact) mass is 307 g/mol. The van der Waals surface area contributed by atoms with Gasteiger partial charge in [0.15, 0.2) is 0 Å². The van der Waals surface area contributed by atoms with Crippen molar-refractivity contribution in [3.63, 3.8) is 0 Å². The average molecular weight is 307 g/mol. The SMILES string of the molecule is COC(=O)c1scc(C)c1S(=O)(=O)N[C@H](C)C(=O)O. The van der Waals surface area contributed by atoms with Gasteiger partial charge in [-0.25, -0.2) is 13.2 Å². The van der Waals surface area contributed by atoms with Crippen LogP contribution in [0.4, 0.5) is 0 Å². The van der Waals surface area contributed by atoms with Crippen molar-refractivity contribution in [1.82, 2.24) is 4.72 Å². The fourth-order valence-electron chi connectivity index (χ4n) is 1.34. The second-order valence-electron chi connectivity index (χ2n) is 3.75. The van der Waals surface area contributed by atoms with Gasteiger partial charge in [-0.1, -0.05) is 0 Å². The number of methoxy groups -OCH3 is 1. The quantitative estimate of drug-likeness (QED) is 0.771. The van der Waals surface area contributed by atoms with Gasteiger partial charge in [0.25, 0.3) is 0 Å². The minimum atomic E-state index is -4.10. The maximum absolute atomic E-state index is 12.1. The molecule has 0 aliphatic carbocycles. The summed E-state index contributed by atoms with van der Waals surface area (Å²) in [5.41, 5.74) is 0.357. The lowest BCUT2D eigenvalue weighted by Crippen LogP contribution is -2.38. The van der Waals surface area contributed by atoms with E-state index < -0.39 is 28.0 Å². The van der Waals surface area contributed by atoms with Crippen LogP contribution in [0.2, 0.25) is 0 Å². The third-order valence-corrected chi connectivity index (χ3v) is 5.19. The number of thiophene rings is 1. The third kappa shape index (κ3) is 3.31. The van der Waals surface area contributed by atoms with Crippen LogP contribution in [0.5, 0.6) is 0 Å². The Morgan fingerprint density at radius 2 is 2.05 bits per heavy atom. The molecule has 0 bridgehead atoms. The predicted molar refractivity (Wildman–Crippen MR) is 67.8 cm³/mol. The van der Waals surface area contributed by atoms with E-state index in [1.807, 2.05) is 4.72 Å². The van der Waals surface area contributed by atoms with Crippen molar-refractivity contribution in [2.45, 2.75) is 24.8 Å². The van der Waals surface area contributed by atoms with Crippen LogP contribution in [-0.4, -0.2) is 38.6 Å². The smallest absolute Gasteiger partial charge is 0.349 e. The highest BCUT2D eigenvalue weighted by molar-refractivity contribution is 7.89.